The molecular weight excluding hydrogens is 218 g/mol. The fraction of sp³-hybridized carbons (Fsp3) is 1.00. The molecule has 0 aliphatic heterocycles. The van der Waals surface area contributed by atoms with E-state index >= 15 is 0 Å². The average Bonchev–Trinajstić information content (AvgIpc) is 2.01. The summed E-state index contributed by atoms with van der Waals surface area (Å²) in [5, 5.41) is 0. The van der Waals surface area contributed by atoms with Gasteiger partial charge in [0.05, 0.1) is 0 Å². The van der Waals surface area contributed by atoms with Gasteiger partial charge in [-0.2, -0.15) is 0 Å². The molecule has 10 heavy (non-hydrogen) atoms. The summed E-state index contributed by atoms with van der Waals surface area (Å²) in [6.07, 6.45) is 0. The maximum absolute atomic E-state index is 11.5. The Labute approximate surface area is 68.2 Å². The first-order valence-corrected chi connectivity index (χ1v) is 7.16. The van der Waals surface area contributed by atoms with Gasteiger partial charge in [0.2, 0.25) is 0 Å². The Hall–Kier alpha value is 0.669. The number of hydrogen-bond donors (Lipinski definition) is 0. The summed E-state index contributed by atoms with van der Waals surface area (Å²) >= 11 is 0.307. The molecular formula is C5H13O3PSe. The van der Waals surface area contributed by atoms with Gasteiger partial charge < -0.3 is 0 Å². The summed E-state index contributed by atoms with van der Waals surface area (Å²) in [7, 11) is 0.102. The summed E-state index contributed by atoms with van der Waals surface area (Å²) in [4.78, 5) is 0. The van der Waals surface area contributed by atoms with Crippen LogP contribution in [0.25, 0.3) is 0 Å². The van der Waals surface area contributed by atoms with Crippen molar-refractivity contribution in [3.8, 4) is 0 Å². The predicted octanol–water partition coefficient (Wildman–Crippen LogP) is 1.57. The second kappa shape index (κ2) is 4.53. The zero-order valence-electron chi connectivity index (χ0n) is 6.66. The summed E-state index contributed by atoms with van der Waals surface area (Å²) in [6, 6.07) is 0. The quantitative estimate of drug-likeness (QED) is 0.544. The molecule has 0 N–H and O–H groups in total. The first-order chi connectivity index (χ1) is 4.60. The Morgan fingerprint density at radius 2 is 1.80 bits per heavy atom. The van der Waals surface area contributed by atoms with E-state index in [9.17, 15) is 4.57 Å². The van der Waals surface area contributed by atoms with E-state index in [4.69, 9.17) is 9.05 Å². The molecule has 0 aromatic carbocycles. The third-order valence-electron chi connectivity index (χ3n) is 1.30. The fourth-order valence-electron chi connectivity index (χ4n) is 0.501. The SMILES string of the molecule is COP(=O)(OC)C(C)[Se]C. The van der Waals surface area contributed by atoms with Crippen molar-refractivity contribution in [1.29, 1.82) is 0 Å². The minimum atomic E-state index is -2.74. The molecule has 0 rings (SSSR count). The number of hydrogen-bond acceptors (Lipinski definition) is 3. The van der Waals surface area contributed by atoms with Crippen LogP contribution in [0.5, 0.6) is 0 Å². The van der Waals surface area contributed by atoms with Gasteiger partial charge in [-0.05, 0) is 0 Å². The van der Waals surface area contributed by atoms with Crippen LogP contribution in [-0.4, -0.2) is 33.7 Å². The van der Waals surface area contributed by atoms with E-state index in [2.05, 4.69) is 0 Å². The van der Waals surface area contributed by atoms with Crippen molar-refractivity contribution < 1.29 is 13.6 Å². The van der Waals surface area contributed by atoms with E-state index in [1.807, 2.05) is 12.7 Å². The molecule has 0 aliphatic rings. The molecule has 1 unspecified atom stereocenters. The van der Waals surface area contributed by atoms with Crippen molar-refractivity contribution in [3.05, 3.63) is 0 Å². The second-order valence-corrected chi connectivity index (χ2v) is 7.58. The Morgan fingerprint density at radius 1 is 1.40 bits per heavy atom. The van der Waals surface area contributed by atoms with Crippen LogP contribution >= 0.6 is 7.60 Å². The van der Waals surface area contributed by atoms with Crippen LogP contribution in [-0.2, 0) is 13.6 Å². The molecule has 3 nitrogen and oxygen atoms in total. The Morgan fingerprint density at radius 3 is 1.90 bits per heavy atom. The molecule has 0 spiro atoms. The molecule has 0 amide bonds. The zero-order chi connectivity index (χ0) is 8.20. The predicted molar refractivity (Wildman–Crippen MR) is 42.7 cm³/mol. The molecule has 0 fully saturated rings. The van der Waals surface area contributed by atoms with Crippen molar-refractivity contribution >= 4 is 22.6 Å². The summed E-state index contributed by atoms with van der Waals surface area (Å²) < 4.78 is 21.1. The Kier molecular flexibility index (Phi) is 4.83. The minimum absolute atomic E-state index is 0.0509. The van der Waals surface area contributed by atoms with Gasteiger partial charge in [0.15, 0.2) is 0 Å². The summed E-state index contributed by atoms with van der Waals surface area (Å²) in [6.45, 7) is 1.88. The van der Waals surface area contributed by atoms with Gasteiger partial charge in [0.1, 0.15) is 0 Å². The average molecular weight is 231 g/mol. The van der Waals surface area contributed by atoms with Gasteiger partial charge in [-0.3, -0.25) is 0 Å². The van der Waals surface area contributed by atoms with Crippen LogP contribution in [0.2, 0.25) is 5.82 Å². The monoisotopic (exact) mass is 232 g/mol. The molecule has 0 radical (unpaired) electrons. The van der Waals surface area contributed by atoms with Crippen LogP contribution in [0.4, 0.5) is 0 Å². The Bertz CT molecular complexity index is 131. The second-order valence-electron chi connectivity index (χ2n) is 1.74. The topological polar surface area (TPSA) is 35.5 Å². The maximum atomic E-state index is 11.5. The van der Waals surface area contributed by atoms with Crippen LogP contribution in [0, 0.1) is 0 Å². The van der Waals surface area contributed by atoms with Crippen molar-refractivity contribution in [2.75, 3.05) is 14.2 Å². The van der Waals surface area contributed by atoms with Gasteiger partial charge in [0.25, 0.3) is 0 Å². The normalized spacial score (nSPS) is 15.2. The standard InChI is InChI=1S/C5H13O3PSe/c1-5(10-4)9(6,7-2)8-3/h5H,1-4H3. The van der Waals surface area contributed by atoms with E-state index in [0.717, 1.165) is 0 Å². The third-order valence-corrected chi connectivity index (χ3v) is 7.36. The van der Waals surface area contributed by atoms with E-state index < -0.39 is 7.60 Å². The molecule has 0 saturated carbocycles. The van der Waals surface area contributed by atoms with E-state index in [1.165, 1.54) is 14.2 Å². The fourth-order valence-corrected chi connectivity index (χ4v) is 4.21. The zero-order valence-corrected chi connectivity index (χ0v) is 9.27. The molecule has 1 atom stereocenters. The Balaban J connectivity index is 4.18. The summed E-state index contributed by atoms with van der Waals surface area (Å²) in [5.41, 5.74) is 0. The molecule has 0 aliphatic carbocycles. The first kappa shape index (κ1) is 10.7. The van der Waals surface area contributed by atoms with Crippen molar-refractivity contribution in [2.24, 2.45) is 0 Å². The molecule has 62 valence electrons. The van der Waals surface area contributed by atoms with Crippen LogP contribution < -0.4 is 0 Å². The van der Waals surface area contributed by atoms with E-state index in [1.54, 1.807) is 0 Å². The van der Waals surface area contributed by atoms with Gasteiger partial charge in [0, 0.05) is 0 Å². The van der Waals surface area contributed by atoms with Crippen LogP contribution in [0.15, 0.2) is 0 Å². The molecule has 0 heterocycles. The molecule has 0 aromatic heterocycles. The van der Waals surface area contributed by atoms with Crippen molar-refractivity contribution in [1.82, 2.24) is 0 Å². The summed E-state index contributed by atoms with van der Waals surface area (Å²) in [5.74, 6) is 2.02. The molecule has 0 saturated heterocycles. The van der Waals surface area contributed by atoms with Gasteiger partial charge in [-0.1, -0.05) is 0 Å². The van der Waals surface area contributed by atoms with Gasteiger partial charge >= 0.3 is 67.7 Å². The molecule has 0 bridgehead atoms. The number of rotatable bonds is 4. The van der Waals surface area contributed by atoms with Gasteiger partial charge in [-0.15, -0.1) is 0 Å². The van der Waals surface area contributed by atoms with Crippen LogP contribution in [0.1, 0.15) is 6.92 Å². The first-order valence-electron chi connectivity index (χ1n) is 2.84. The van der Waals surface area contributed by atoms with Crippen molar-refractivity contribution in [3.63, 3.8) is 0 Å². The van der Waals surface area contributed by atoms with E-state index in [-0.39, 0.29) is 4.56 Å². The molecule has 0 aromatic rings. The third kappa shape index (κ3) is 2.37. The van der Waals surface area contributed by atoms with Crippen LogP contribution in [0.3, 0.4) is 0 Å². The molecule has 5 heteroatoms. The van der Waals surface area contributed by atoms with E-state index in [0.29, 0.717) is 15.0 Å². The van der Waals surface area contributed by atoms with Gasteiger partial charge in [-0.25, -0.2) is 0 Å². The van der Waals surface area contributed by atoms with Crippen molar-refractivity contribution in [2.45, 2.75) is 17.3 Å².